The van der Waals surface area contributed by atoms with Crippen molar-refractivity contribution in [1.82, 2.24) is 10.3 Å². The number of anilines is 1. The van der Waals surface area contributed by atoms with Gasteiger partial charge in [0.15, 0.2) is 5.82 Å². The van der Waals surface area contributed by atoms with Crippen molar-refractivity contribution < 1.29 is 9.31 Å². The SMILES string of the molecule is CNC1CCN(c2c(F)cc([N+](=O)[O-])c3cccnc23)C1. The second-order valence-electron chi connectivity index (χ2n) is 5.10. The van der Waals surface area contributed by atoms with Crippen molar-refractivity contribution in [2.24, 2.45) is 0 Å². The zero-order chi connectivity index (χ0) is 15.0. The van der Waals surface area contributed by atoms with Gasteiger partial charge in [0.05, 0.1) is 16.4 Å². The molecule has 1 atom stereocenters. The van der Waals surface area contributed by atoms with Gasteiger partial charge in [0.1, 0.15) is 11.2 Å². The molecule has 0 amide bonds. The highest BCUT2D eigenvalue weighted by atomic mass is 19.1. The molecule has 0 radical (unpaired) electrons. The molecule has 21 heavy (non-hydrogen) atoms. The first-order valence-electron chi connectivity index (χ1n) is 6.75. The summed E-state index contributed by atoms with van der Waals surface area (Å²) in [5.41, 5.74) is 0.457. The number of likely N-dealkylation sites (N-methyl/N-ethyl adjacent to an activating group) is 1. The van der Waals surface area contributed by atoms with Gasteiger partial charge in [0.25, 0.3) is 5.69 Å². The Morgan fingerprint density at radius 3 is 3.05 bits per heavy atom. The summed E-state index contributed by atoms with van der Waals surface area (Å²) in [7, 11) is 1.87. The van der Waals surface area contributed by atoms with Gasteiger partial charge >= 0.3 is 0 Å². The fourth-order valence-corrected chi connectivity index (χ4v) is 2.83. The number of nitro groups is 1. The van der Waals surface area contributed by atoms with Gasteiger partial charge in [-0.2, -0.15) is 0 Å². The highest BCUT2D eigenvalue weighted by molar-refractivity contribution is 5.97. The molecular weight excluding hydrogens is 275 g/mol. The normalized spacial score (nSPS) is 18.4. The molecule has 0 bridgehead atoms. The van der Waals surface area contributed by atoms with E-state index in [4.69, 9.17) is 0 Å². The third-order valence-electron chi connectivity index (χ3n) is 3.91. The van der Waals surface area contributed by atoms with Crippen molar-refractivity contribution in [2.45, 2.75) is 12.5 Å². The minimum absolute atomic E-state index is 0.247. The van der Waals surface area contributed by atoms with E-state index in [-0.39, 0.29) is 5.69 Å². The van der Waals surface area contributed by atoms with Crippen LogP contribution in [0.25, 0.3) is 10.9 Å². The fraction of sp³-hybridized carbons (Fsp3) is 0.357. The number of fused-ring (bicyclic) bond motifs is 1. The molecule has 2 heterocycles. The van der Waals surface area contributed by atoms with Crippen LogP contribution >= 0.6 is 0 Å². The molecule has 1 unspecified atom stereocenters. The monoisotopic (exact) mass is 290 g/mol. The maximum Gasteiger partial charge on any atom is 0.281 e. The van der Waals surface area contributed by atoms with E-state index < -0.39 is 10.7 Å². The Morgan fingerprint density at radius 2 is 2.38 bits per heavy atom. The molecule has 2 aromatic rings. The van der Waals surface area contributed by atoms with Crippen molar-refractivity contribution in [3.63, 3.8) is 0 Å². The van der Waals surface area contributed by atoms with Crippen LogP contribution < -0.4 is 10.2 Å². The number of benzene rings is 1. The van der Waals surface area contributed by atoms with Gasteiger partial charge in [-0.25, -0.2) is 4.39 Å². The van der Waals surface area contributed by atoms with Crippen LogP contribution in [-0.2, 0) is 0 Å². The summed E-state index contributed by atoms with van der Waals surface area (Å²) in [6.45, 7) is 1.36. The van der Waals surface area contributed by atoms with Crippen LogP contribution in [0.1, 0.15) is 6.42 Å². The van der Waals surface area contributed by atoms with Gasteiger partial charge in [-0.3, -0.25) is 15.1 Å². The number of hydrogen-bond acceptors (Lipinski definition) is 5. The fourth-order valence-electron chi connectivity index (χ4n) is 2.83. The van der Waals surface area contributed by atoms with Crippen LogP contribution in [0.15, 0.2) is 24.4 Å². The average molecular weight is 290 g/mol. The van der Waals surface area contributed by atoms with Crippen molar-refractivity contribution >= 4 is 22.3 Å². The largest absolute Gasteiger partial charge is 0.366 e. The van der Waals surface area contributed by atoms with Gasteiger partial charge < -0.3 is 10.2 Å². The molecule has 0 aliphatic carbocycles. The summed E-state index contributed by atoms with van der Waals surface area (Å²) in [4.78, 5) is 16.6. The number of aromatic nitrogens is 1. The Hall–Kier alpha value is -2.28. The molecule has 1 aliphatic heterocycles. The molecule has 1 aromatic carbocycles. The molecule has 110 valence electrons. The lowest BCUT2D eigenvalue weighted by Crippen LogP contribution is -2.30. The van der Waals surface area contributed by atoms with Crippen LogP contribution in [0.2, 0.25) is 0 Å². The lowest BCUT2D eigenvalue weighted by atomic mass is 10.1. The number of nitrogens with zero attached hydrogens (tertiary/aromatic N) is 3. The zero-order valence-electron chi connectivity index (χ0n) is 11.5. The first kappa shape index (κ1) is 13.7. The molecule has 1 aliphatic rings. The summed E-state index contributed by atoms with van der Waals surface area (Å²) in [6.07, 6.45) is 2.43. The maximum atomic E-state index is 14.4. The van der Waals surface area contributed by atoms with Crippen LogP contribution in [0.5, 0.6) is 0 Å². The maximum absolute atomic E-state index is 14.4. The van der Waals surface area contributed by atoms with Gasteiger partial charge in [-0.1, -0.05) is 0 Å². The Bertz CT molecular complexity index is 707. The smallest absolute Gasteiger partial charge is 0.281 e. The van der Waals surface area contributed by atoms with Crippen LogP contribution in [0, 0.1) is 15.9 Å². The quantitative estimate of drug-likeness (QED) is 0.692. The van der Waals surface area contributed by atoms with Crippen molar-refractivity contribution in [3.8, 4) is 0 Å². The molecule has 1 fully saturated rings. The lowest BCUT2D eigenvalue weighted by molar-refractivity contribution is -0.383. The average Bonchev–Trinajstić information content (AvgIpc) is 2.94. The molecule has 6 nitrogen and oxygen atoms in total. The number of rotatable bonds is 3. The van der Waals surface area contributed by atoms with Crippen LogP contribution in [0.3, 0.4) is 0 Å². The Morgan fingerprint density at radius 1 is 1.57 bits per heavy atom. The molecule has 3 rings (SSSR count). The number of non-ortho nitro benzene ring substituents is 1. The van der Waals surface area contributed by atoms with Gasteiger partial charge in [0, 0.05) is 25.3 Å². The summed E-state index contributed by atoms with van der Waals surface area (Å²) in [6, 6.07) is 4.51. The van der Waals surface area contributed by atoms with E-state index in [0.717, 1.165) is 12.5 Å². The molecule has 1 saturated heterocycles. The number of pyridine rings is 1. The lowest BCUT2D eigenvalue weighted by Gasteiger charge is -2.20. The number of hydrogen-bond donors (Lipinski definition) is 1. The van der Waals surface area contributed by atoms with E-state index in [1.165, 1.54) is 6.20 Å². The van der Waals surface area contributed by atoms with E-state index in [1.807, 2.05) is 11.9 Å². The topological polar surface area (TPSA) is 71.3 Å². The Balaban J connectivity index is 2.17. The Labute approximate surface area is 120 Å². The minimum Gasteiger partial charge on any atom is -0.366 e. The van der Waals surface area contributed by atoms with Crippen molar-refractivity contribution in [1.29, 1.82) is 0 Å². The Kier molecular flexibility index (Phi) is 3.42. The third-order valence-corrected chi connectivity index (χ3v) is 3.91. The van der Waals surface area contributed by atoms with Crippen LogP contribution in [0.4, 0.5) is 15.8 Å². The minimum atomic E-state index is -0.593. The van der Waals surface area contributed by atoms with Crippen LogP contribution in [-0.4, -0.2) is 36.1 Å². The number of halogens is 1. The predicted molar refractivity (Wildman–Crippen MR) is 78.0 cm³/mol. The van der Waals surface area contributed by atoms with Gasteiger partial charge in [0.2, 0.25) is 0 Å². The standard InChI is InChI=1S/C14H15FN4O2/c1-16-9-4-6-18(8-9)14-11(15)7-12(19(20)21)10-3-2-5-17-13(10)14/h2-3,5,7,9,16H,4,6,8H2,1H3. The molecule has 1 aromatic heterocycles. The van der Waals surface area contributed by atoms with E-state index in [0.29, 0.717) is 35.7 Å². The van der Waals surface area contributed by atoms with Crippen molar-refractivity contribution in [3.05, 3.63) is 40.3 Å². The second-order valence-corrected chi connectivity index (χ2v) is 5.10. The highest BCUT2D eigenvalue weighted by Crippen LogP contribution is 2.36. The zero-order valence-corrected chi connectivity index (χ0v) is 11.5. The molecular formula is C14H15FN4O2. The van der Waals surface area contributed by atoms with E-state index >= 15 is 0 Å². The molecule has 0 saturated carbocycles. The predicted octanol–water partition coefficient (Wildman–Crippen LogP) is 2.08. The summed E-state index contributed by atoms with van der Waals surface area (Å²) >= 11 is 0. The van der Waals surface area contributed by atoms with E-state index in [2.05, 4.69) is 10.3 Å². The molecule has 1 N–H and O–H groups in total. The number of nitrogens with one attached hydrogen (secondary N) is 1. The summed E-state index contributed by atoms with van der Waals surface area (Å²) < 4.78 is 14.4. The first-order valence-corrected chi connectivity index (χ1v) is 6.75. The molecule has 7 heteroatoms. The first-order chi connectivity index (χ1) is 10.1. The van der Waals surface area contributed by atoms with Gasteiger partial charge in [-0.05, 0) is 25.6 Å². The van der Waals surface area contributed by atoms with Crippen molar-refractivity contribution in [2.75, 3.05) is 25.0 Å². The second kappa shape index (κ2) is 5.25. The highest BCUT2D eigenvalue weighted by Gasteiger charge is 2.28. The van der Waals surface area contributed by atoms with E-state index in [1.54, 1.807) is 12.1 Å². The van der Waals surface area contributed by atoms with E-state index in [9.17, 15) is 14.5 Å². The number of nitro benzene ring substituents is 1. The summed E-state index contributed by atoms with van der Waals surface area (Å²) in [5, 5.41) is 14.6. The molecule has 0 spiro atoms. The van der Waals surface area contributed by atoms with Gasteiger partial charge in [-0.15, -0.1) is 0 Å². The summed E-state index contributed by atoms with van der Waals surface area (Å²) in [5.74, 6) is -0.593. The third kappa shape index (κ3) is 2.29.